The Morgan fingerprint density at radius 3 is 2.30 bits per heavy atom. The molecule has 0 aromatic rings. The van der Waals surface area contributed by atoms with E-state index in [-0.39, 0.29) is 23.3 Å². The van der Waals surface area contributed by atoms with Crippen LogP contribution >= 0.6 is 0 Å². The summed E-state index contributed by atoms with van der Waals surface area (Å²) in [5, 5.41) is 0. The predicted molar refractivity (Wildman–Crippen MR) is 79.8 cm³/mol. The molecule has 1 spiro atoms. The molecule has 7 heteroatoms. The van der Waals surface area contributed by atoms with Crippen molar-refractivity contribution in [3.63, 3.8) is 0 Å². The Kier molecular flexibility index (Phi) is 4.52. The number of rotatable bonds is 5. The molecule has 0 radical (unpaired) electrons. The predicted octanol–water partition coefficient (Wildman–Crippen LogP) is 1.26. The number of sulfonamides is 1. The van der Waals surface area contributed by atoms with E-state index in [1.54, 1.807) is 4.31 Å². The Labute approximate surface area is 122 Å². The third-order valence-electron chi connectivity index (χ3n) is 5.01. The van der Waals surface area contributed by atoms with Crippen molar-refractivity contribution in [2.75, 3.05) is 30.9 Å². The van der Waals surface area contributed by atoms with Crippen LogP contribution in [0.4, 0.5) is 0 Å². The van der Waals surface area contributed by atoms with Crippen LogP contribution in [0.3, 0.4) is 0 Å². The second-order valence-corrected chi connectivity index (χ2v) is 10.9. The SMILES string of the molecule is CC1CCN(S(=O)(=O)CCCS(C)(=O)=O)CC12CCC2. The van der Waals surface area contributed by atoms with Gasteiger partial charge in [-0.3, -0.25) is 0 Å². The fourth-order valence-electron chi connectivity index (χ4n) is 3.38. The van der Waals surface area contributed by atoms with Crippen molar-refractivity contribution < 1.29 is 16.8 Å². The van der Waals surface area contributed by atoms with Crippen molar-refractivity contribution in [1.82, 2.24) is 4.31 Å². The maximum absolute atomic E-state index is 12.3. The van der Waals surface area contributed by atoms with Gasteiger partial charge in [0, 0.05) is 19.3 Å². The van der Waals surface area contributed by atoms with Crippen LogP contribution in [0.2, 0.25) is 0 Å². The number of sulfone groups is 1. The first-order valence-corrected chi connectivity index (χ1v) is 11.0. The van der Waals surface area contributed by atoms with E-state index in [0.717, 1.165) is 25.5 Å². The van der Waals surface area contributed by atoms with E-state index in [1.807, 2.05) is 0 Å². The molecule has 2 fully saturated rings. The van der Waals surface area contributed by atoms with Gasteiger partial charge in [0.05, 0.1) is 11.5 Å². The summed E-state index contributed by atoms with van der Waals surface area (Å²) in [6, 6.07) is 0. The van der Waals surface area contributed by atoms with Gasteiger partial charge in [-0.1, -0.05) is 13.3 Å². The Hall–Kier alpha value is -0.140. The minimum atomic E-state index is -3.31. The smallest absolute Gasteiger partial charge is 0.214 e. The first-order valence-electron chi connectivity index (χ1n) is 7.30. The Balaban J connectivity index is 1.96. The Bertz CT molecular complexity index is 549. The highest BCUT2D eigenvalue weighted by Crippen LogP contribution is 2.51. The molecular weight excluding hydrogens is 298 g/mol. The second-order valence-electron chi connectivity index (χ2n) is 6.54. The zero-order valence-electron chi connectivity index (χ0n) is 12.3. The van der Waals surface area contributed by atoms with E-state index in [1.165, 1.54) is 6.42 Å². The molecule has 2 aliphatic rings. The van der Waals surface area contributed by atoms with Crippen LogP contribution in [0.15, 0.2) is 0 Å². The molecule has 1 unspecified atom stereocenters. The minimum Gasteiger partial charge on any atom is -0.229 e. The van der Waals surface area contributed by atoms with E-state index < -0.39 is 19.9 Å². The molecule has 0 N–H and O–H groups in total. The second kappa shape index (κ2) is 5.57. The van der Waals surface area contributed by atoms with E-state index in [2.05, 4.69) is 6.92 Å². The highest BCUT2D eigenvalue weighted by Gasteiger charge is 2.47. The van der Waals surface area contributed by atoms with Crippen molar-refractivity contribution in [2.24, 2.45) is 11.3 Å². The zero-order chi connectivity index (χ0) is 15.0. The normalized spacial score (nSPS) is 27.4. The van der Waals surface area contributed by atoms with Gasteiger partial charge in [-0.25, -0.2) is 21.1 Å². The number of nitrogens with zero attached hydrogens (tertiary/aromatic N) is 1. The Morgan fingerprint density at radius 2 is 1.80 bits per heavy atom. The molecule has 1 aliphatic heterocycles. The van der Waals surface area contributed by atoms with Gasteiger partial charge in [0.25, 0.3) is 0 Å². The van der Waals surface area contributed by atoms with Crippen LogP contribution in [-0.4, -0.2) is 52.0 Å². The van der Waals surface area contributed by atoms with Gasteiger partial charge in [0.1, 0.15) is 9.84 Å². The van der Waals surface area contributed by atoms with Crippen molar-refractivity contribution >= 4 is 19.9 Å². The molecule has 20 heavy (non-hydrogen) atoms. The van der Waals surface area contributed by atoms with Gasteiger partial charge in [-0.05, 0) is 37.0 Å². The monoisotopic (exact) mass is 323 g/mol. The van der Waals surface area contributed by atoms with Gasteiger partial charge >= 0.3 is 0 Å². The summed E-state index contributed by atoms with van der Waals surface area (Å²) in [7, 11) is -6.39. The molecule has 118 valence electrons. The first kappa shape index (κ1) is 16.2. The molecule has 1 heterocycles. The van der Waals surface area contributed by atoms with Crippen molar-refractivity contribution in [3.8, 4) is 0 Å². The fourth-order valence-corrected chi connectivity index (χ4v) is 5.84. The quantitative estimate of drug-likeness (QED) is 0.764. The van der Waals surface area contributed by atoms with Gasteiger partial charge in [-0.2, -0.15) is 0 Å². The van der Waals surface area contributed by atoms with Crippen LogP contribution in [0.25, 0.3) is 0 Å². The molecule has 1 aliphatic carbocycles. The average molecular weight is 323 g/mol. The van der Waals surface area contributed by atoms with Crippen molar-refractivity contribution in [2.45, 2.75) is 39.0 Å². The lowest BCUT2D eigenvalue weighted by molar-refractivity contribution is 0.000695. The molecular formula is C13H25NO4S2. The lowest BCUT2D eigenvalue weighted by Gasteiger charge is -2.52. The maximum Gasteiger partial charge on any atom is 0.214 e. The third kappa shape index (κ3) is 3.54. The van der Waals surface area contributed by atoms with Gasteiger partial charge in [-0.15, -0.1) is 0 Å². The van der Waals surface area contributed by atoms with Crippen LogP contribution < -0.4 is 0 Å². The molecule has 0 bridgehead atoms. The van der Waals surface area contributed by atoms with Crippen LogP contribution in [-0.2, 0) is 19.9 Å². The molecule has 0 amide bonds. The minimum absolute atomic E-state index is 0.0511. The third-order valence-corrected chi connectivity index (χ3v) is 7.94. The lowest BCUT2D eigenvalue weighted by atomic mass is 9.59. The van der Waals surface area contributed by atoms with Gasteiger partial charge < -0.3 is 0 Å². The molecule has 5 nitrogen and oxygen atoms in total. The summed E-state index contributed by atoms with van der Waals surface area (Å²) in [4.78, 5) is 0. The topological polar surface area (TPSA) is 71.5 Å². The summed E-state index contributed by atoms with van der Waals surface area (Å²) in [6.07, 6.45) is 5.72. The highest BCUT2D eigenvalue weighted by atomic mass is 32.2. The standard InChI is InChI=1S/C13H25NO4S2/c1-12-5-8-14(11-13(12)6-3-7-13)20(17,18)10-4-9-19(2,15)16/h12H,3-11H2,1-2H3. The van der Waals surface area contributed by atoms with Gasteiger partial charge in [0.2, 0.25) is 10.0 Å². The summed E-state index contributed by atoms with van der Waals surface area (Å²) in [5.74, 6) is 0.491. The Morgan fingerprint density at radius 1 is 1.15 bits per heavy atom. The van der Waals surface area contributed by atoms with Crippen LogP contribution in [0, 0.1) is 11.3 Å². The fraction of sp³-hybridized carbons (Fsp3) is 1.00. The zero-order valence-corrected chi connectivity index (χ0v) is 14.0. The number of hydrogen-bond donors (Lipinski definition) is 0. The number of piperidine rings is 1. The van der Waals surface area contributed by atoms with Crippen LogP contribution in [0.1, 0.15) is 39.0 Å². The first-order chi connectivity index (χ1) is 9.15. The maximum atomic E-state index is 12.3. The molecule has 1 atom stereocenters. The molecule has 1 saturated heterocycles. The van der Waals surface area contributed by atoms with E-state index in [9.17, 15) is 16.8 Å². The summed E-state index contributed by atoms with van der Waals surface area (Å²) in [5.41, 5.74) is 0.197. The van der Waals surface area contributed by atoms with E-state index in [4.69, 9.17) is 0 Å². The van der Waals surface area contributed by atoms with Crippen molar-refractivity contribution in [3.05, 3.63) is 0 Å². The average Bonchev–Trinajstić information content (AvgIpc) is 2.25. The van der Waals surface area contributed by atoms with Gasteiger partial charge in [0.15, 0.2) is 0 Å². The van der Waals surface area contributed by atoms with Crippen LogP contribution in [0.5, 0.6) is 0 Å². The van der Waals surface area contributed by atoms with E-state index >= 15 is 0 Å². The number of hydrogen-bond acceptors (Lipinski definition) is 4. The summed E-state index contributed by atoms with van der Waals surface area (Å²) < 4.78 is 48.5. The van der Waals surface area contributed by atoms with Crippen molar-refractivity contribution in [1.29, 1.82) is 0 Å². The lowest BCUT2D eigenvalue weighted by Crippen LogP contribution is -2.53. The summed E-state index contributed by atoms with van der Waals surface area (Å²) in [6.45, 7) is 3.45. The van der Waals surface area contributed by atoms with E-state index in [0.29, 0.717) is 19.0 Å². The molecule has 0 aromatic heterocycles. The largest absolute Gasteiger partial charge is 0.229 e. The summed E-state index contributed by atoms with van der Waals surface area (Å²) >= 11 is 0. The molecule has 1 saturated carbocycles. The molecule has 0 aromatic carbocycles. The highest BCUT2D eigenvalue weighted by molar-refractivity contribution is 7.91. The molecule has 2 rings (SSSR count).